The zero-order valence-corrected chi connectivity index (χ0v) is 15.6. The van der Waals surface area contributed by atoms with Gasteiger partial charge in [-0.2, -0.15) is 0 Å². The lowest BCUT2D eigenvalue weighted by molar-refractivity contribution is 0.603. The number of thioether (sulfide) groups is 1. The van der Waals surface area contributed by atoms with Crippen molar-refractivity contribution in [3.63, 3.8) is 0 Å². The first-order valence-electron chi connectivity index (χ1n) is 7.34. The minimum absolute atomic E-state index is 0.129. The molecule has 0 atom stereocenters. The van der Waals surface area contributed by atoms with Crippen molar-refractivity contribution in [1.29, 1.82) is 0 Å². The molecule has 0 saturated heterocycles. The Morgan fingerprint density at radius 3 is 2.58 bits per heavy atom. The molecule has 0 aliphatic heterocycles. The highest BCUT2D eigenvalue weighted by molar-refractivity contribution is 8.00. The van der Waals surface area contributed by atoms with Gasteiger partial charge in [0.15, 0.2) is 11.0 Å². The van der Waals surface area contributed by atoms with E-state index in [-0.39, 0.29) is 5.75 Å². The molecule has 0 unspecified atom stereocenters. The maximum Gasteiger partial charge on any atom is 0.191 e. The first kappa shape index (κ1) is 17.2. The largest absolute Gasteiger partial charge is 0.297 e. The van der Waals surface area contributed by atoms with Crippen molar-refractivity contribution in [3.05, 3.63) is 53.4 Å². The molecule has 0 bridgehead atoms. The standard InChI is InChI=1S/C16H17N3O2S3/c1-24(20,21)11-10-23-16-18-17-15(14-8-5-9-22-14)19(16)12-13-6-3-2-4-7-13/h2-9H,10-12H2,1H3. The van der Waals surface area contributed by atoms with Crippen LogP contribution in [0, 0.1) is 0 Å². The smallest absolute Gasteiger partial charge is 0.191 e. The predicted molar refractivity (Wildman–Crippen MR) is 99.3 cm³/mol. The van der Waals surface area contributed by atoms with Crippen molar-refractivity contribution in [1.82, 2.24) is 14.8 Å². The van der Waals surface area contributed by atoms with Gasteiger partial charge in [-0.05, 0) is 17.0 Å². The first-order valence-corrected chi connectivity index (χ1v) is 11.3. The molecule has 126 valence electrons. The quantitative estimate of drug-likeness (QED) is 0.590. The summed E-state index contributed by atoms with van der Waals surface area (Å²) in [6.45, 7) is 0.655. The number of hydrogen-bond acceptors (Lipinski definition) is 6. The molecule has 0 spiro atoms. The van der Waals surface area contributed by atoms with Gasteiger partial charge in [0, 0.05) is 12.0 Å². The van der Waals surface area contributed by atoms with Crippen LogP contribution in [0.1, 0.15) is 5.56 Å². The molecule has 3 aromatic rings. The number of rotatable bonds is 7. The van der Waals surface area contributed by atoms with Crippen LogP contribution in [-0.2, 0) is 16.4 Å². The van der Waals surface area contributed by atoms with Gasteiger partial charge in [-0.1, -0.05) is 48.2 Å². The summed E-state index contributed by atoms with van der Waals surface area (Å²) >= 11 is 3.04. The van der Waals surface area contributed by atoms with E-state index in [0.29, 0.717) is 12.3 Å². The van der Waals surface area contributed by atoms with Gasteiger partial charge in [0.2, 0.25) is 0 Å². The molecule has 2 aromatic heterocycles. The topological polar surface area (TPSA) is 64.8 Å². The van der Waals surface area contributed by atoms with Gasteiger partial charge in [-0.3, -0.25) is 4.57 Å². The van der Waals surface area contributed by atoms with E-state index < -0.39 is 9.84 Å². The van der Waals surface area contributed by atoms with Gasteiger partial charge in [0.25, 0.3) is 0 Å². The van der Waals surface area contributed by atoms with Gasteiger partial charge in [0.1, 0.15) is 9.84 Å². The molecule has 0 radical (unpaired) electrons. The zero-order valence-electron chi connectivity index (χ0n) is 13.1. The van der Waals surface area contributed by atoms with Gasteiger partial charge in [-0.15, -0.1) is 21.5 Å². The van der Waals surface area contributed by atoms with Crippen LogP contribution in [0.3, 0.4) is 0 Å². The van der Waals surface area contributed by atoms with Crippen LogP contribution in [-0.4, -0.2) is 40.9 Å². The van der Waals surface area contributed by atoms with Gasteiger partial charge in [-0.25, -0.2) is 8.42 Å². The second-order valence-electron chi connectivity index (χ2n) is 5.33. The monoisotopic (exact) mass is 379 g/mol. The summed E-state index contributed by atoms with van der Waals surface area (Å²) < 4.78 is 24.7. The number of nitrogens with zero attached hydrogens (tertiary/aromatic N) is 3. The summed E-state index contributed by atoms with van der Waals surface area (Å²) in [6.07, 6.45) is 1.25. The molecule has 1 aromatic carbocycles. The van der Waals surface area contributed by atoms with Crippen molar-refractivity contribution in [3.8, 4) is 10.7 Å². The molecule has 5 nitrogen and oxygen atoms in total. The van der Waals surface area contributed by atoms with E-state index in [1.807, 2.05) is 40.3 Å². The van der Waals surface area contributed by atoms with E-state index in [0.717, 1.165) is 21.4 Å². The van der Waals surface area contributed by atoms with Crippen LogP contribution in [0.2, 0.25) is 0 Å². The Hall–Kier alpha value is -1.64. The summed E-state index contributed by atoms with van der Waals surface area (Å²) in [6, 6.07) is 14.1. The van der Waals surface area contributed by atoms with Crippen LogP contribution in [0.5, 0.6) is 0 Å². The fraction of sp³-hybridized carbons (Fsp3) is 0.250. The van der Waals surface area contributed by atoms with E-state index in [1.165, 1.54) is 18.0 Å². The molecule has 8 heteroatoms. The highest BCUT2D eigenvalue weighted by atomic mass is 32.2. The molecule has 0 fully saturated rings. The second kappa shape index (κ2) is 7.50. The highest BCUT2D eigenvalue weighted by Gasteiger charge is 2.16. The van der Waals surface area contributed by atoms with E-state index >= 15 is 0 Å². The summed E-state index contributed by atoms with van der Waals surface area (Å²) in [5.41, 5.74) is 1.15. The molecular weight excluding hydrogens is 362 g/mol. The SMILES string of the molecule is CS(=O)(=O)CCSc1nnc(-c2cccs2)n1Cc1ccccc1. The third-order valence-corrected chi connectivity index (χ3v) is 6.37. The van der Waals surface area contributed by atoms with Crippen molar-refractivity contribution < 1.29 is 8.42 Å². The van der Waals surface area contributed by atoms with Gasteiger partial charge in [0.05, 0.1) is 17.2 Å². The minimum Gasteiger partial charge on any atom is -0.297 e. The van der Waals surface area contributed by atoms with Crippen molar-refractivity contribution in [2.24, 2.45) is 0 Å². The lowest BCUT2D eigenvalue weighted by Gasteiger charge is -2.09. The average Bonchev–Trinajstić information content (AvgIpc) is 3.17. The van der Waals surface area contributed by atoms with Gasteiger partial charge < -0.3 is 0 Å². The molecule has 0 aliphatic rings. The summed E-state index contributed by atoms with van der Waals surface area (Å²) in [7, 11) is -2.98. The first-order chi connectivity index (χ1) is 11.5. The zero-order chi connectivity index (χ0) is 17.0. The number of aromatic nitrogens is 3. The van der Waals surface area contributed by atoms with Crippen LogP contribution in [0.15, 0.2) is 53.0 Å². The van der Waals surface area contributed by atoms with E-state index in [1.54, 1.807) is 11.3 Å². The normalized spacial score (nSPS) is 11.7. The van der Waals surface area contributed by atoms with Crippen LogP contribution in [0.4, 0.5) is 0 Å². The Balaban J connectivity index is 1.88. The molecule has 0 N–H and O–H groups in total. The third kappa shape index (κ3) is 4.46. The van der Waals surface area contributed by atoms with Crippen molar-refractivity contribution in [2.75, 3.05) is 17.8 Å². The minimum atomic E-state index is -2.98. The summed E-state index contributed by atoms with van der Waals surface area (Å²) in [4.78, 5) is 1.05. The summed E-state index contributed by atoms with van der Waals surface area (Å²) in [5.74, 6) is 1.41. The highest BCUT2D eigenvalue weighted by Crippen LogP contribution is 2.28. The van der Waals surface area contributed by atoms with E-state index in [9.17, 15) is 8.42 Å². The van der Waals surface area contributed by atoms with E-state index in [4.69, 9.17) is 0 Å². The Morgan fingerprint density at radius 1 is 1.12 bits per heavy atom. The lowest BCUT2D eigenvalue weighted by atomic mass is 10.2. The summed E-state index contributed by atoms with van der Waals surface area (Å²) in [5, 5.41) is 11.3. The molecule has 0 aliphatic carbocycles. The van der Waals surface area contributed by atoms with E-state index in [2.05, 4.69) is 22.3 Å². The predicted octanol–water partition coefficient (Wildman–Crippen LogP) is 3.19. The average molecular weight is 380 g/mol. The lowest BCUT2D eigenvalue weighted by Crippen LogP contribution is -2.07. The molecule has 2 heterocycles. The van der Waals surface area contributed by atoms with Crippen molar-refractivity contribution >= 4 is 32.9 Å². The maximum absolute atomic E-state index is 11.3. The molecular formula is C16H17N3O2S3. The molecule has 3 rings (SSSR count). The number of benzene rings is 1. The van der Waals surface area contributed by atoms with Crippen LogP contribution in [0.25, 0.3) is 10.7 Å². The van der Waals surface area contributed by atoms with Crippen LogP contribution >= 0.6 is 23.1 Å². The maximum atomic E-state index is 11.3. The molecule has 24 heavy (non-hydrogen) atoms. The van der Waals surface area contributed by atoms with Gasteiger partial charge >= 0.3 is 0 Å². The fourth-order valence-electron chi connectivity index (χ4n) is 2.18. The second-order valence-corrected chi connectivity index (χ2v) is 9.60. The Morgan fingerprint density at radius 2 is 1.92 bits per heavy atom. The number of thiophene rings is 1. The Kier molecular flexibility index (Phi) is 5.37. The van der Waals surface area contributed by atoms with Crippen molar-refractivity contribution in [2.45, 2.75) is 11.7 Å². The third-order valence-electron chi connectivity index (χ3n) is 3.33. The molecule has 0 saturated carbocycles. The molecule has 0 amide bonds. The number of sulfone groups is 1. The fourth-order valence-corrected chi connectivity index (χ4v) is 5.03. The Bertz CT molecular complexity index is 888. The Labute approximate surface area is 149 Å². The van der Waals surface area contributed by atoms with Crippen LogP contribution < -0.4 is 0 Å². The number of hydrogen-bond donors (Lipinski definition) is 0.